The van der Waals surface area contributed by atoms with Crippen LogP contribution < -0.4 is 5.32 Å². The first-order valence-corrected chi connectivity index (χ1v) is 7.79. The summed E-state index contributed by atoms with van der Waals surface area (Å²) in [7, 11) is 0. The third kappa shape index (κ3) is 2.69. The van der Waals surface area contributed by atoms with Gasteiger partial charge in [0.25, 0.3) is 0 Å². The second-order valence-electron chi connectivity index (χ2n) is 4.45. The predicted octanol–water partition coefficient (Wildman–Crippen LogP) is 4.82. The molecule has 2 aromatic carbocycles. The SMILES string of the molecule is CC(=O)Nc1c(-c2nc3ccccc3s2)ccc(Br)c1F. The summed E-state index contributed by atoms with van der Waals surface area (Å²) in [5, 5.41) is 3.22. The zero-order valence-electron chi connectivity index (χ0n) is 11.0. The first kappa shape index (κ1) is 14.2. The van der Waals surface area contributed by atoms with Crippen molar-refractivity contribution in [2.75, 3.05) is 5.32 Å². The first-order valence-electron chi connectivity index (χ1n) is 6.18. The van der Waals surface area contributed by atoms with E-state index in [0.29, 0.717) is 15.0 Å². The van der Waals surface area contributed by atoms with E-state index >= 15 is 0 Å². The molecule has 0 spiro atoms. The fourth-order valence-corrected chi connectivity index (χ4v) is 3.34. The number of carbonyl (C=O) groups is 1. The van der Waals surface area contributed by atoms with E-state index in [9.17, 15) is 9.18 Å². The Hall–Kier alpha value is -1.79. The average molecular weight is 365 g/mol. The number of anilines is 1. The van der Waals surface area contributed by atoms with Crippen molar-refractivity contribution in [3.05, 3.63) is 46.7 Å². The summed E-state index contributed by atoms with van der Waals surface area (Å²) in [5.74, 6) is -0.823. The van der Waals surface area contributed by atoms with Gasteiger partial charge in [-0.15, -0.1) is 11.3 Å². The molecule has 3 aromatic rings. The van der Waals surface area contributed by atoms with Crippen LogP contribution in [0.5, 0.6) is 0 Å². The van der Waals surface area contributed by atoms with Crippen LogP contribution >= 0.6 is 27.3 Å². The number of carbonyl (C=O) groups excluding carboxylic acids is 1. The van der Waals surface area contributed by atoms with Gasteiger partial charge >= 0.3 is 0 Å². The van der Waals surface area contributed by atoms with E-state index < -0.39 is 5.82 Å². The zero-order valence-corrected chi connectivity index (χ0v) is 13.4. The van der Waals surface area contributed by atoms with E-state index in [-0.39, 0.29) is 11.6 Å². The van der Waals surface area contributed by atoms with Gasteiger partial charge in [-0.2, -0.15) is 0 Å². The standard InChI is InChI=1S/C15H10BrFN2OS/c1-8(20)18-14-9(6-7-10(16)13(14)17)15-19-11-4-2-3-5-12(11)21-15/h2-7H,1H3,(H,18,20). The Morgan fingerprint density at radius 2 is 2.05 bits per heavy atom. The van der Waals surface area contributed by atoms with Crippen molar-refractivity contribution in [3.8, 4) is 10.6 Å². The van der Waals surface area contributed by atoms with Crippen molar-refractivity contribution in [1.29, 1.82) is 0 Å². The van der Waals surface area contributed by atoms with Crippen molar-refractivity contribution < 1.29 is 9.18 Å². The highest BCUT2D eigenvalue weighted by Crippen LogP contribution is 2.38. The summed E-state index contributed by atoms with van der Waals surface area (Å²) in [4.78, 5) is 15.8. The average Bonchev–Trinajstić information content (AvgIpc) is 2.87. The van der Waals surface area contributed by atoms with Crippen LogP contribution in [0.25, 0.3) is 20.8 Å². The molecule has 21 heavy (non-hydrogen) atoms. The highest BCUT2D eigenvalue weighted by Gasteiger charge is 2.17. The lowest BCUT2D eigenvalue weighted by molar-refractivity contribution is -0.114. The lowest BCUT2D eigenvalue weighted by Crippen LogP contribution is -2.09. The van der Waals surface area contributed by atoms with Crippen LogP contribution in [-0.2, 0) is 4.79 Å². The van der Waals surface area contributed by atoms with Gasteiger partial charge < -0.3 is 5.32 Å². The Bertz CT molecular complexity index is 814. The topological polar surface area (TPSA) is 42.0 Å². The van der Waals surface area contributed by atoms with Gasteiger partial charge in [0.1, 0.15) is 5.01 Å². The number of amides is 1. The molecule has 106 valence electrons. The lowest BCUT2D eigenvalue weighted by Gasteiger charge is -2.10. The van der Waals surface area contributed by atoms with Gasteiger partial charge in [0.2, 0.25) is 5.91 Å². The number of nitrogens with one attached hydrogen (secondary N) is 1. The van der Waals surface area contributed by atoms with Crippen molar-refractivity contribution in [2.24, 2.45) is 0 Å². The smallest absolute Gasteiger partial charge is 0.221 e. The second kappa shape index (κ2) is 5.54. The molecular formula is C15H10BrFN2OS. The number of thiazole rings is 1. The fraction of sp³-hybridized carbons (Fsp3) is 0.0667. The number of rotatable bonds is 2. The third-order valence-electron chi connectivity index (χ3n) is 2.92. The molecule has 1 amide bonds. The van der Waals surface area contributed by atoms with Crippen LogP contribution in [0.4, 0.5) is 10.1 Å². The molecule has 3 rings (SSSR count). The van der Waals surface area contributed by atoms with E-state index in [0.717, 1.165) is 10.2 Å². The maximum absolute atomic E-state index is 14.3. The van der Waals surface area contributed by atoms with Crippen LogP contribution in [0, 0.1) is 5.82 Å². The van der Waals surface area contributed by atoms with Crippen molar-refractivity contribution in [1.82, 2.24) is 4.98 Å². The lowest BCUT2D eigenvalue weighted by atomic mass is 10.1. The zero-order chi connectivity index (χ0) is 15.0. The Labute approximate surface area is 133 Å². The van der Waals surface area contributed by atoms with Crippen LogP contribution in [0.15, 0.2) is 40.9 Å². The Morgan fingerprint density at radius 1 is 1.29 bits per heavy atom. The molecule has 0 unspecified atom stereocenters. The monoisotopic (exact) mass is 364 g/mol. The van der Waals surface area contributed by atoms with Gasteiger partial charge in [0.05, 0.1) is 20.4 Å². The van der Waals surface area contributed by atoms with Gasteiger partial charge in [-0.3, -0.25) is 4.79 Å². The number of fused-ring (bicyclic) bond motifs is 1. The number of hydrogen-bond donors (Lipinski definition) is 1. The van der Waals surface area contributed by atoms with Gasteiger partial charge in [-0.05, 0) is 40.2 Å². The summed E-state index contributed by atoms with van der Waals surface area (Å²) in [6, 6.07) is 11.1. The fourth-order valence-electron chi connectivity index (χ4n) is 2.01. The molecule has 6 heteroatoms. The minimum absolute atomic E-state index is 0.149. The molecule has 0 fully saturated rings. The maximum Gasteiger partial charge on any atom is 0.221 e. The predicted molar refractivity (Wildman–Crippen MR) is 87.0 cm³/mol. The third-order valence-corrected chi connectivity index (χ3v) is 4.60. The van der Waals surface area contributed by atoms with Crippen LogP contribution in [-0.4, -0.2) is 10.9 Å². The second-order valence-corrected chi connectivity index (χ2v) is 6.34. The minimum atomic E-state index is -0.498. The van der Waals surface area contributed by atoms with E-state index in [4.69, 9.17) is 0 Å². The number of aromatic nitrogens is 1. The summed E-state index contributed by atoms with van der Waals surface area (Å²) < 4.78 is 15.6. The van der Waals surface area contributed by atoms with Crippen molar-refractivity contribution >= 4 is 49.1 Å². The number of halogens is 2. The molecule has 0 aliphatic rings. The minimum Gasteiger partial charge on any atom is -0.323 e. The highest BCUT2D eigenvalue weighted by molar-refractivity contribution is 9.10. The van der Waals surface area contributed by atoms with Crippen molar-refractivity contribution in [3.63, 3.8) is 0 Å². The Balaban J connectivity index is 2.21. The number of para-hydroxylation sites is 1. The molecule has 3 nitrogen and oxygen atoms in total. The van der Waals surface area contributed by atoms with Gasteiger partial charge in [-0.25, -0.2) is 9.37 Å². The van der Waals surface area contributed by atoms with Crippen LogP contribution in [0.1, 0.15) is 6.92 Å². The van der Waals surface area contributed by atoms with Crippen molar-refractivity contribution in [2.45, 2.75) is 6.92 Å². The maximum atomic E-state index is 14.3. The number of benzene rings is 2. The molecule has 0 saturated carbocycles. The molecular weight excluding hydrogens is 355 g/mol. The highest BCUT2D eigenvalue weighted by atomic mass is 79.9. The molecule has 0 bridgehead atoms. The first-order chi connectivity index (χ1) is 10.1. The summed E-state index contributed by atoms with van der Waals surface area (Å²) >= 11 is 4.60. The van der Waals surface area contributed by atoms with E-state index in [2.05, 4.69) is 26.2 Å². The quantitative estimate of drug-likeness (QED) is 0.707. The molecule has 0 saturated heterocycles. The van der Waals surface area contributed by atoms with Crippen LogP contribution in [0.2, 0.25) is 0 Å². The molecule has 0 radical (unpaired) electrons. The number of hydrogen-bond acceptors (Lipinski definition) is 3. The Kier molecular flexibility index (Phi) is 3.73. The molecule has 0 aliphatic heterocycles. The molecule has 0 aliphatic carbocycles. The van der Waals surface area contributed by atoms with Gasteiger partial charge in [0.15, 0.2) is 5.82 Å². The molecule has 0 atom stereocenters. The number of nitrogens with zero attached hydrogens (tertiary/aromatic N) is 1. The van der Waals surface area contributed by atoms with E-state index in [1.54, 1.807) is 12.1 Å². The van der Waals surface area contributed by atoms with Crippen LogP contribution in [0.3, 0.4) is 0 Å². The van der Waals surface area contributed by atoms with Gasteiger partial charge in [0, 0.05) is 12.5 Å². The normalized spacial score (nSPS) is 10.8. The Morgan fingerprint density at radius 3 is 2.76 bits per heavy atom. The summed E-state index contributed by atoms with van der Waals surface area (Å²) in [5.41, 5.74) is 1.58. The van der Waals surface area contributed by atoms with E-state index in [1.807, 2.05) is 24.3 Å². The molecule has 1 heterocycles. The molecule has 1 aromatic heterocycles. The largest absolute Gasteiger partial charge is 0.323 e. The molecule has 1 N–H and O–H groups in total. The van der Waals surface area contributed by atoms with E-state index in [1.165, 1.54) is 18.3 Å². The summed E-state index contributed by atoms with van der Waals surface area (Å²) in [6.45, 7) is 1.35. The van der Waals surface area contributed by atoms with Gasteiger partial charge in [-0.1, -0.05) is 12.1 Å². The summed E-state index contributed by atoms with van der Waals surface area (Å²) in [6.07, 6.45) is 0.